The molecule has 0 saturated heterocycles. The van der Waals surface area contributed by atoms with Crippen molar-refractivity contribution in [2.75, 3.05) is 12.3 Å². The second-order valence-electron chi connectivity index (χ2n) is 4.50. The summed E-state index contributed by atoms with van der Waals surface area (Å²) < 4.78 is 0. The second-order valence-corrected chi connectivity index (χ2v) is 4.50. The van der Waals surface area contributed by atoms with Crippen LogP contribution in [0.25, 0.3) is 0 Å². The lowest BCUT2D eigenvalue weighted by molar-refractivity contribution is 0.0942. The van der Waals surface area contributed by atoms with Gasteiger partial charge in [0.15, 0.2) is 0 Å². The average molecular weight is 219 g/mol. The standard InChI is InChI=1S/C12H17N3O/c1-8(9-2-3-9)7-15-12(16)11-6-10(13)4-5-14-11/h4-6,8-9H,2-3,7H2,1H3,(H2,13,14)(H,15,16). The van der Waals surface area contributed by atoms with Crippen molar-refractivity contribution in [3.8, 4) is 0 Å². The predicted octanol–water partition coefficient (Wildman–Crippen LogP) is 1.44. The number of carbonyl (C=O) groups is 1. The summed E-state index contributed by atoms with van der Waals surface area (Å²) in [7, 11) is 0. The fourth-order valence-electron chi connectivity index (χ4n) is 1.75. The first-order valence-corrected chi connectivity index (χ1v) is 5.66. The summed E-state index contributed by atoms with van der Waals surface area (Å²) in [6.45, 7) is 2.89. The Labute approximate surface area is 95.3 Å². The molecule has 4 heteroatoms. The van der Waals surface area contributed by atoms with Crippen LogP contribution in [0.4, 0.5) is 5.69 Å². The van der Waals surface area contributed by atoms with Gasteiger partial charge < -0.3 is 11.1 Å². The van der Waals surface area contributed by atoms with Crippen LogP contribution in [0.5, 0.6) is 0 Å². The van der Waals surface area contributed by atoms with Gasteiger partial charge in [-0.25, -0.2) is 0 Å². The van der Waals surface area contributed by atoms with Crippen LogP contribution < -0.4 is 11.1 Å². The Hall–Kier alpha value is -1.58. The van der Waals surface area contributed by atoms with E-state index in [-0.39, 0.29) is 5.91 Å². The highest BCUT2D eigenvalue weighted by molar-refractivity contribution is 5.92. The number of nitrogens with zero attached hydrogens (tertiary/aromatic N) is 1. The van der Waals surface area contributed by atoms with E-state index in [9.17, 15) is 4.79 Å². The maximum atomic E-state index is 11.7. The van der Waals surface area contributed by atoms with Crippen LogP contribution in [-0.4, -0.2) is 17.4 Å². The number of pyridine rings is 1. The maximum absolute atomic E-state index is 11.7. The lowest BCUT2D eigenvalue weighted by Crippen LogP contribution is -2.29. The molecule has 1 aromatic rings. The fourth-order valence-corrected chi connectivity index (χ4v) is 1.75. The van der Waals surface area contributed by atoms with Gasteiger partial charge in [0.05, 0.1) is 0 Å². The number of nitrogens with two attached hydrogens (primary N) is 1. The third-order valence-corrected chi connectivity index (χ3v) is 3.03. The van der Waals surface area contributed by atoms with Gasteiger partial charge in [0.2, 0.25) is 0 Å². The molecule has 16 heavy (non-hydrogen) atoms. The predicted molar refractivity (Wildman–Crippen MR) is 62.9 cm³/mol. The molecular formula is C12H17N3O. The SMILES string of the molecule is CC(CNC(=O)c1cc(N)ccn1)C1CC1. The Balaban J connectivity index is 1.87. The van der Waals surface area contributed by atoms with E-state index in [1.807, 2.05) is 0 Å². The molecule has 0 aliphatic heterocycles. The largest absolute Gasteiger partial charge is 0.399 e. The van der Waals surface area contributed by atoms with E-state index in [0.717, 1.165) is 12.5 Å². The Morgan fingerprint density at radius 1 is 1.69 bits per heavy atom. The number of nitrogen functional groups attached to an aromatic ring is 1. The van der Waals surface area contributed by atoms with Crippen LogP contribution in [0, 0.1) is 11.8 Å². The van der Waals surface area contributed by atoms with Crippen molar-refractivity contribution in [3.05, 3.63) is 24.0 Å². The zero-order valence-corrected chi connectivity index (χ0v) is 9.44. The first-order valence-electron chi connectivity index (χ1n) is 5.66. The van der Waals surface area contributed by atoms with Gasteiger partial charge in [0.1, 0.15) is 5.69 Å². The van der Waals surface area contributed by atoms with Gasteiger partial charge in [-0.1, -0.05) is 6.92 Å². The lowest BCUT2D eigenvalue weighted by atomic mass is 10.1. The molecule has 0 aromatic carbocycles. The van der Waals surface area contributed by atoms with E-state index < -0.39 is 0 Å². The summed E-state index contributed by atoms with van der Waals surface area (Å²) in [4.78, 5) is 15.7. The molecule has 0 radical (unpaired) electrons. The van der Waals surface area contributed by atoms with Crippen molar-refractivity contribution in [2.45, 2.75) is 19.8 Å². The van der Waals surface area contributed by atoms with Crippen LogP contribution in [0.1, 0.15) is 30.3 Å². The van der Waals surface area contributed by atoms with E-state index >= 15 is 0 Å². The zero-order valence-electron chi connectivity index (χ0n) is 9.44. The third-order valence-electron chi connectivity index (χ3n) is 3.03. The normalized spacial score (nSPS) is 16.8. The average Bonchev–Trinajstić information content (AvgIpc) is 3.09. The van der Waals surface area contributed by atoms with Gasteiger partial charge >= 0.3 is 0 Å². The minimum absolute atomic E-state index is 0.139. The molecule has 1 heterocycles. The maximum Gasteiger partial charge on any atom is 0.269 e. The second kappa shape index (κ2) is 4.51. The summed E-state index contributed by atoms with van der Waals surface area (Å²) in [5.41, 5.74) is 6.55. The molecule has 86 valence electrons. The Morgan fingerprint density at radius 2 is 2.44 bits per heavy atom. The van der Waals surface area contributed by atoms with Crippen molar-refractivity contribution >= 4 is 11.6 Å². The number of aromatic nitrogens is 1. The van der Waals surface area contributed by atoms with Gasteiger partial charge in [0.25, 0.3) is 5.91 Å². The van der Waals surface area contributed by atoms with E-state index in [1.165, 1.54) is 12.8 Å². The van der Waals surface area contributed by atoms with Crippen molar-refractivity contribution in [1.29, 1.82) is 0 Å². The molecule has 0 spiro atoms. The molecule has 1 aliphatic rings. The van der Waals surface area contributed by atoms with Gasteiger partial charge in [-0.05, 0) is 36.8 Å². The van der Waals surface area contributed by atoms with Gasteiger partial charge in [-0.15, -0.1) is 0 Å². The fraction of sp³-hybridized carbons (Fsp3) is 0.500. The number of nitrogens with one attached hydrogen (secondary N) is 1. The third kappa shape index (κ3) is 2.72. The molecule has 0 bridgehead atoms. The van der Waals surface area contributed by atoms with Crippen LogP contribution in [-0.2, 0) is 0 Å². The van der Waals surface area contributed by atoms with Gasteiger partial charge in [-0.2, -0.15) is 0 Å². The number of carbonyl (C=O) groups excluding carboxylic acids is 1. The highest BCUT2D eigenvalue weighted by Gasteiger charge is 2.27. The van der Waals surface area contributed by atoms with E-state index in [4.69, 9.17) is 5.73 Å². The number of hydrogen-bond acceptors (Lipinski definition) is 3. The van der Waals surface area contributed by atoms with Crippen LogP contribution in [0.15, 0.2) is 18.3 Å². The molecule has 3 N–H and O–H groups in total. The smallest absolute Gasteiger partial charge is 0.269 e. The summed E-state index contributed by atoms with van der Waals surface area (Å²) in [5.74, 6) is 1.22. The van der Waals surface area contributed by atoms with Crippen LogP contribution in [0.2, 0.25) is 0 Å². The molecule has 4 nitrogen and oxygen atoms in total. The van der Waals surface area contributed by atoms with Crippen LogP contribution in [0.3, 0.4) is 0 Å². The Kier molecular flexibility index (Phi) is 3.08. The minimum atomic E-state index is -0.139. The molecule has 1 aliphatic carbocycles. The molecular weight excluding hydrogens is 202 g/mol. The van der Waals surface area contributed by atoms with E-state index in [2.05, 4.69) is 17.2 Å². The van der Waals surface area contributed by atoms with Gasteiger partial charge in [0, 0.05) is 18.4 Å². The minimum Gasteiger partial charge on any atom is -0.399 e. The Bertz CT molecular complexity index is 388. The first kappa shape index (κ1) is 10.9. The zero-order chi connectivity index (χ0) is 11.5. The topological polar surface area (TPSA) is 68.0 Å². The van der Waals surface area contributed by atoms with Crippen molar-refractivity contribution < 1.29 is 4.79 Å². The summed E-state index contributed by atoms with van der Waals surface area (Å²) >= 11 is 0. The van der Waals surface area contributed by atoms with Gasteiger partial charge in [-0.3, -0.25) is 9.78 Å². The van der Waals surface area contributed by atoms with E-state index in [0.29, 0.717) is 17.3 Å². The summed E-state index contributed by atoms with van der Waals surface area (Å²) in [5, 5.41) is 2.89. The highest BCUT2D eigenvalue weighted by Crippen LogP contribution is 2.36. The molecule has 1 atom stereocenters. The molecule has 1 aromatic heterocycles. The van der Waals surface area contributed by atoms with Crippen LogP contribution >= 0.6 is 0 Å². The molecule has 1 fully saturated rings. The highest BCUT2D eigenvalue weighted by atomic mass is 16.1. The molecule has 1 amide bonds. The quantitative estimate of drug-likeness (QED) is 0.805. The molecule has 1 unspecified atom stereocenters. The Morgan fingerprint density at radius 3 is 3.06 bits per heavy atom. The van der Waals surface area contributed by atoms with E-state index in [1.54, 1.807) is 18.3 Å². The number of hydrogen-bond donors (Lipinski definition) is 2. The first-order chi connectivity index (χ1) is 7.66. The molecule has 2 rings (SSSR count). The number of anilines is 1. The van der Waals surface area contributed by atoms with Crippen molar-refractivity contribution in [1.82, 2.24) is 10.3 Å². The molecule has 1 saturated carbocycles. The van der Waals surface area contributed by atoms with Crippen molar-refractivity contribution in [3.63, 3.8) is 0 Å². The monoisotopic (exact) mass is 219 g/mol. The summed E-state index contributed by atoms with van der Waals surface area (Å²) in [6, 6.07) is 3.26. The lowest BCUT2D eigenvalue weighted by Gasteiger charge is -2.11. The number of amides is 1. The summed E-state index contributed by atoms with van der Waals surface area (Å²) in [6.07, 6.45) is 4.15. The van der Waals surface area contributed by atoms with Crippen molar-refractivity contribution in [2.24, 2.45) is 11.8 Å². The number of rotatable bonds is 4.